The molecule has 21 heavy (non-hydrogen) atoms. The first-order valence-electron chi connectivity index (χ1n) is 6.96. The fourth-order valence-corrected chi connectivity index (χ4v) is 3.12. The van der Waals surface area contributed by atoms with E-state index >= 15 is 0 Å². The third-order valence-corrected chi connectivity index (χ3v) is 4.05. The van der Waals surface area contributed by atoms with Gasteiger partial charge in [-0.3, -0.25) is 0 Å². The lowest BCUT2D eigenvalue weighted by atomic mass is 10.0. The number of aliphatic hydroxyl groups excluding tert-OH is 1. The molecule has 0 radical (unpaired) electrons. The molecule has 1 aliphatic carbocycles. The Kier molecular flexibility index (Phi) is 3.80. The first kappa shape index (κ1) is 14.3. The number of hydrogen-bond donors (Lipinski definition) is 1. The lowest BCUT2D eigenvalue weighted by Crippen LogP contribution is -2.42. The fraction of sp³-hybridized carbons (Fsp3) is 0.467. The number of halogens is 3. The van der Waals surface area contributed by atoms with Crippen molar-refractivity contribution in [3.05, 3.63) is 29.6 Å². The van der Waals surface area contributed by atoms with E-state index < -0.39 is 24.3 Å². The van der Waals surface area contributed by atoms with E-state index in [9.17, 15) is 18.3 Å². The molecule has 0 unspecified atom stereocenters. The van der Waals surface area contributed by atoms with Gasteiger partial charge in [0.05, 0.1) is 12.1 Å². The second-order valence-electron chi connectivity index (χ2n) is 5.34. The van der Waals surface area contributed by atoms with E-state index in [1.807, 2.05) is 11.0 Å². The molecule has 1 saturated carbocycles. The molecular formula is C15H16F3NO2. The molecule has 114 valence electrons. The zero-order chi connectivity index (χ0) is 15.0. The highest BCUT2D eigenvalue weighted by Crippen LogP contribution is 2.37. The maximum Gasteiger partial charge on any atom is 0.387 e. The Morgan fingerprint density at radius 2 is 2.10 bits per heavy atom. The Morgan fingerprint density at radius 1 is 1.29 bits per heavy atom. The molecule has 0 aromatic heterocycles. The molecule has 6 heteroatoms. The minimum absolute atomic E-state index is 0.0708. The Labute approximate surface area is 120 Å². The van der Waals surface area contributed by atoms with Gasteiger partial charge in [0, 0.05) is 23.9 Å². The van der Waals surface area contributed by atoms with Crippen molar-refractivity contribution in [3.63, 3.8) is 0 Å². The van der Waals surface area contributed by atoms with Crippen molar-refractivity contribution in [2.24, 2.45) is 0 Å². The summed E-state index contributed by atoms with van der Waals surface area (Å²) < 4.78 is 42.7. The molecule has 1 N–H and O–H groups in total. The number of aliphatic hydroxyl groups is 1. The van der Waals surface area contributed by atoms with Gasteiger partial charge in [0.1, 0.15) is 0 Å². The van der Waals surface area contributed by atoms with Crippen LogP contribution in [-0.2, 0) is 0 Å². The Balaban J connectivity index is 1.97. The van der Waals surface area contributed by atoms with Crippen LogP contribution in [0.1, 0.15) is 24.8 Å². The summed E-state index contributed by atoms with van der Waals surface area (Å²) >= 11 is 0. The Bertz CT molecular complexity index is 562. The van der Waals surface area contributed by atoms with E-state index in [1.165, 1.54) is 12.1 Å². The molecule has 1 aromatic rings. The van der Waals surface area contributed by atoms with Crippen molar-refractivity contribution in [1.82, 2.24) is 0 Å². The van der Waals surface area contributed by atoms with E-state index in [2.05, 4.69) is 4.74 Å². The molecular weight excluding hydrogens is 283 g/mol. The summed E-state index contributed by atoms with van der Waals surface area (Å²) in [5.74, 6) is -1.27. The molecule has 1 fully saturated rings. The smallest absolute Gasteiger partial charge is 0.387 e. The zero-order valence-electron chi connectivity index (χ0n) is 11.3. The summed E-state index contributed by atoms with van der Waals surface area (Å²) in [6, 6.07) is 2.42. The molecule has 1 heterocycles. The quantitative estimate of drug-likeness (QED) is 0.930. The van der Waals surface area contributed by atoms with Gasteiger partial charge >= 0.3 is 6.61 Å². The molecule has 0 spiro atoms. The molecule has 2 aliphatic rings. The van der Waals surface area contributed by atoms with Crippen LogP contribution in [0.3, 0.4) is 0 Å². The van der Waals surface area contributed by atoms with Crippen molar-refractivity contribution in [1.29, 1.82) is 0 Å². The van der Waals surface area contributed by atoms with Crippen molar-refractivity contribution in [2.75, 3.05) is 11.4 Å². The number of alkyl halides is 2. The maximum atomic E-state index is 13.8. The second-order valence-corrected chi connectivity index (χ2v) is 5.34. The predicted octanol–water partition coefficient (Wildman–Crippen LogP) is 3.17. The molecule has 0 bridgehead atoms. The number of hydrogen-bond acceptors (Lipinski definition) is 3. The van der Waals surface area contributed by atoms with E-state index in [0.29, 0.717) is 17.8 Å². The molecule has 3 rings (SSSR count). The second kappa shape index (κ2) is 5.60. The fourth-order valence-electron chi connectivity index (χ4n) is 3.12. The summed E-state index contributed by atoms with van der Waals surface area (Å²) in [4.78, 5) is 1.94. The topological polar surface area (TPSA) is 32.7 Å². The van der Waals surface area contributed by atoms with Crippen molar-refractivity contribution >= 4 is 11.8 Å². The number of nitrogens with zero attached hydrogens (tertiary/aromatic N) is 1. The molecule has 1 aromatic carbocycles. The molecule has 0 saturated heterocycles. The maximum absolute atomic E-state index is 13.8. The highest BCUT2D eigenvalue weighted by atomic mass is 19.3. The zero-order valence-corrected chi connectivity index (χ0v) is 11.3. The van der Waals surface area contributed by atoms with Crippen molar-refractivity contribution in [3.8, 4) is 5.75 Å². The molecule has 1 aliphatic heterocycles. The van der Waals surface area contributed by atoms with E-state index in [0.717, 1.165) is 19.3 Å². The van der Waals surface area contributed by atoms with Gasteiger partial charge in [-0.15, -0.1) is 0 Å². The highest BCUT2D eigenvalue weighted by molar-refractivity contribution is 5.73. The van der Waals surface area contributed by atoms with Gasteiger partial charge in [-0.05, 0) is 25.3 Å². The first-order valence-corrected chi connectivity index (χ1v) is 6.96. The van der Waals surface area contributed by atoms with E-state index in [4.69, 9.17) is 0 Å². The Morgan fingerprint density at radius 3 is 2.76 bits per heavy atom. The third-order valence-electron chi connectivity index (χ3n) is 4.05. The average molecular weight is 299 g/mol. The van der Waals surface area contributed by atoms with Crippen LogP contribution in [-0.4, -0.2) is 30.4 Å². The third kappa shape index (κ3) is 2.72. The SMILES string of the molecule is O[C@@H]1CCC[C@@H]1N1CC=Cc2cc(F)c(OC(F)F)cc21. The van der Waals surface area contributed by atoms with Crippen molar-refractivity contribution in [2.45, 2.75) is 38.0 Å². The van der Waals surface area contributed by atoms with Gasteiger partial charge in [0.25, 0.3) is 0 Å². The summed E-state index contributed by atoms with van der Waals surface area (Å²) in [6.07, 6.45) is 5.65. The monoisotopic (exact) mass is 299 g/mol. The van der Waals surface area contributed by atoms with Crippen LogP contribution < -0.4 is 9.64 Å². The molecule has 2 atom stereocenters. The van der Waals surface area contributed by atoms with E-state index in [1.54, 1.807) is 6.08 Å². The minimum atomic E-state index is -3.07. The normalized spacial score (nSPS) is 24.5. The standard InChI is InChI=1S/C15H16F3NO2/c16-10-7-9-3-2-6-19(11-4-1-5-13(11)20)12(9)8-14(10)21-15(17)18/h2-3,7-8,11,13,15,20H,1,4-6H2/t11-,13+/m0/s1. The van der Waals surface area contributed by atoms with E-state index in [-0.39, 0.29) is 6.04 Å². The summed E-state index contributed by atoms with van der Waals surface area (Å²) in [6.45, 7) is -2.50. The molecule has 0 amide bonds. The van der Waals surface area contributed by atoms with Gasteiger partial charge in [0.15, 0.2) is 11.6 Å². The summed E-state index contributed by atoms with van der Waals surface area (Å²) in [5, 5.41) is 10.0. The summed E-state index contributed by atoms with van der Waals surface area (Å²) in [7, 11) is 0. The average Bonchev–Trinajstić information content (AvgIpc) is 2.84. The predicted molar refractivity (Wildman–Crippen MR) is 73.1 cm³/mol. The van der Waals surface area contributed by atoms with Crippen LogP contribution in [0.15, 0.2) is 18.2 Å². The number of rotatable bonds is 3. The van der Waals surface area contributed by atoms with Gasteiger partial charge < -0.3 is 14.7 Å². The summed E-state index contributed by atoms with van der Waals surface area (Å²) in [5.41, 5.74) is 1.24. The highest BCUT2D eigenvalue weighted by Gasteiger charge is 2.32. The van der Waals surface area contributed by atoms with Crippen LogP contribution >= 0.6 is 0 Å². The Hall–Kier alpha value is -1.69. The van der Waals surface area contributed by atoms with Gasteiger partial charge in [-0.2, -0.15) is 8.78 Å². The number of anilines is 1. The minimum Gasteiger partial charge on any atom is -0.432 e. The number of fused-ring (bicyclic) bond motifs is 1. The largest absolute Gasteiger partial charge is 0.432 e. The van der Waals surface area contributed by atoms with Crippen LogP contribution in [0.2, 0.25) is 0 Å². The number of benzene rings is 1. The van der Waals surface area contributed by atoms with Crippen LogP contribution in [0.5, 0.6) is 5.75 Å². The first-order chi connectivity index (χ1) is 10.1. The van der Waals surface area contributed by atoms with Crippen LogP contribution in [0.25, 0.3) is 6.08 Å². The van der Waals surface area contributed by atoms with Gasteiger partial charge in [-0.1, -0.05) is 12.2 Å². The molecule has 3 nitrogen and oxygen atoms in total. The van der Waals surface area contributed by atoms with Gasteiger partial charge in [0.2, 0.25) is 0 Å². The van der Waals surface area contributed by atoms with Crippen molar-refractivity contribution < 1.29 is 23.0 Å². The number of ether oxygens (including phenoxy) is 1. The van der Waals surface area contributed by atoms with Gasteiger partial charge in [-0.25, -0.2) is 4.39 Å². The lowest BCUT2D eigenvalue weighted by Gasteiger charge is -2.35. The van der Waals surface area contributed by atoms with Crippen LogP contribution in [0, 0.1) is 5.82 Å². The lowest BCUT2D eigenvalue weighted by molar-refractivity contribution is -0.0521. The van der Waals surface area contributed by atoms with Crippen LogP contribution in [0.4, 0.5) is 18.9 Å².